The lowest BCUT2D eigenvalue weighted by molar-refractivity contribution is 0.218. The summed E-state index contributed by atoms with van der Waals surface area (Å²) < 4.78 is 2.02. The van der Waals surface area contributed by atoms with E-state index in [1.54, 1.807) is 0 Å². The number of rotatable bonds is 6. The Hall–Kier alpha value is -0.830. The van der Waals surface area contributed by atoms with E-state index in [2.05, 4.69) is 23.4 Å². The van der Waals surface area contributed by atoms with E-state index in [0.29, 0.717) is 0 Å². The van der Waals surface area contributed by atoms with Crippen LogP contribution in [0, 0.1) is 11.8 Å². The monoisotopic (exact) mass is 249 g/mol. The molecule has 0 bridgehead atoms. The molecule has 0 amide bonds. The first-order valence-electron chi connectivity index (χ1n) is 7.49. The molecule has 1 aromatic heterocycles. The van der Waals surface area contributed by atoms with Gasteiger partial charge in [0.25, 0.3) is 0 Å². The van der Waals surface area contributed by atoms with Gasteiger partial charge in [0.05, 0.1) is 0 Å². The van der Waals surface area contributed by atoms with Crippen LogP contribution in [0.4, 0.5) is 0 Å². The van der Waals surface area contributed by atoms with E-state index in [1.807, 2.05) is 17.9 Å². The van der Waals surface area contributed by atoms with Gasteiger partial charge in [-0.25, -0.2) is 0 Å². The Morgan fingerprint density at radius 2 is 2.11 bits per heavy atom. The zero-order valence-corrected chi connectivity index (χ0v) is 11.9. The van der Waals surface area contributed by atoms with E-state index in [0.717, 1.165) is 18.4 Å². The summed E-state index contributed by atoms with van der Waals surface area (Å²) in [5, 5.41) is 7.79. The Labute approximate surface area is 111 Å². The van der Waals surface area contributed by atoms with Crippen LogP contribution in [0.25, 0.3) is 0 Å². The van der Waals surface area contributed by atoms with Crippen LogP contribution in [0.3, 0.4) is 0 Å². The molecule has 0 aromatic carbocycles. The maximum atomic E-state index is 4.25. The Bertz CT molecular complexity index is 345. The molecule has 3 nitrogen and oxygen atoms in total. The van der Waals surface area contributed by atoms with Crippen LogP contribution in [-0.4, -0.2) is 22.9 Å². The molecule has 1 heterocycles. The van der Waals surface area contributed by atoms with Gasteiger partial charge in [-0.1, -0.05) is 26.2 Å². The average molecular weight is 249 g/mol. The standard InChI is InChI=1S/C15H27N3/c1-3-16-12-14-7-5-4-6-13(14)8-9-15-10-11-17-18(15)2/h10-11,13-14,16H,3-9,12H2,1-2H3. The van der Waals surface area contributed by atoms with E-state index in [4.69, 9.17) is 0 Å². The highest BCUT2D eigenvalue weighted by Gasteiger charge is 2.24. The third-order valence-corrected chi connectivity index (χ3v) is 4.42. The van der Waals surface area contributed by atoms with Crippen molar-refractivity contribution in [2.75, 3.05) is 13.1 Å². The van der Waals surface area contributed by atoms with Crippen LogP contribution in [0.2, 0.25) is 0 Å². The molecular formula is C15H27N3. The summed E-state index contributed by atoms with van der Waals surface area (Å²) in [6, 6.07) is 2.15. The quantitative estimate of drug-likeness (QED) is 0.840. The van der Waals surface area contributed by atoms with Crippen LogP contribution in [0.1, 0.15) is 44.7 Å². The number of hydrogen-bond donors (Lipinski definition) is 1. The second-order valence-electron chi connectivity index (χ2n) is 5.60. The molecule has 1 fully saturated rings. The van der Waals surface area contributed by atoms with Crippen molar-refractivity contribution in [1.82, 2.24) is 15.1 Å². The summed E-state index contributed by atoms with van der Waals surface area (Å²) >= 11 is 0. The minimum atomic E-state index is 0.895. The summed E-state index contributed by atoms with van der Waals surface area (Å²) in [4.78, 5) is 0. The van der Waals surface area contributed by atoms with E-state index in [9.17, 15) is 0 Å². The average Bonchev–Trinajstić information content (AvgIpc) is 2.80. The first kappa shape index (κ1) is 13.6. The third-order valence-electron chi connectivity index (χ3n) is 4.42. The van der Waals surface area contributed by atoms with Crippen LogP contribution < -0.4 is 5.32 Å². The molecule has 2 rings (SSSR count). The Morgan fingerprint density at radius 1 is 1.33 bits per heavy atom. The minimum Gasteiger partial charge on any atom is -0.317 e. The van der Waals surface area contributed by atoms with Crippen molar-refractivity contribution in [3.8, 4) is 0 Å². The number of aromatic nitrogens is 2. The van der Waals surface area contributed by atoms with E-state index >= 15 is 0 Å². The summed E-state index contributed by atoms with van der Waals surface area (Å²) in [5.41, 5.74) is 1.38. The van der Waals surface area contributed by atoms with Crippen molar-refractivity contribution in [3.05, 3.63) is 18.0 Å². The third kappa shape index (κ3) is 3.58. The van der Waals surface area contributed by atoms with Crippen molar-refractivity contribution in [2.24, 2.45) is 18.9 Å². The highest BCUT2D eigenvalue weighted by Crippen LogP contribution is 2.32. The Balaban J connectivity index is 1.83. The molecule has 2 atom stereocenters. The molecule has 1 saturated carbocycles. The second kappa shape index (κ2) is 6.93. The lowest BCUT2D eigenvalue weighted by atomic mass is 9.76. The fraction of sp³-hybridized carbons (Fsp3) is 0.800. The Morgan fingerprint density at radius 3 is 2.78 bits per heavy atom. The molecule has 102 valence electrons. The van der Waals surface area contributed by atoms with Crippen molar-refractivity contribution < 1.29 is 0 Å². The molecule has 0 aliphatic heterocycles. The van der Waals surface area contributed by atoms with Crippen molar-refractivity contribution >= 4 is 0 Å². The van der Waals surface area contributed by atoms with Crippen LogP contribution >= 0.6 is 0 Å². The Kier molecular flexibility index (Phi) is 5.24. The van der Waals surface area contributed by atoms with Gasteiger partial charge >= 0.3 is 0 Å². The van der Waals surface area contributed by atoms with E-state index in [-0.39, 0.29) is 0 Å². The van der Waals surface area contributed by atoms with Gasteiger partial charge in [-0.3, -0.25) is 4.68 Å². The van der Waals surface area contributed by atoms with Gasteiger partial charge in [-0.2, -0.15) is 5.10 Å². The topological polar surface area (TPSA) is 29.9 Å². The highest BCUT2D eigenvalue weighted by molar-refractivity contribution is 5.00. The molecule has 0 saturated heterocycles. The number of hydrogen-bond acceptors (Lipinski definition) is 2. The first-order chi connectivity index (χ1) is 8.81. The predicted octanol–water partition coefficient (Wildman–Crippen LogP) is 2.77. The van der Waals surface area contributed by atoms with Gasteiger partial charge in [0, 0.05) is 18.9 Å². The maximum Gasteiger partial charge on any atom is 0.0492 e. The molecular weight excluding hydrogens is 222 g/mol. The largest absolute Gasteiger partial charge is 0.317 e. The number of nitrogens with one attached hydrogen (secondary N) is 1. The second-order valence-corrected chi connectivity index (χ2v) is 5.60. The van der Waals surface area contributed by atoms with E-state index in [1.165, 1.54) is 50.8 Å². The first-order valence-corrected chi connectivity index (χ1v) is 7.49. The van der Waals surface area contributed by atoms with Crippen LogP contribution in [0.5, 0.6) is 0 Å². The van der Waals surface area contributed by atoms with Crippen molar-refractivity contribution in [1.29, 1.82) is 0 Å². The summed E-state index contributed by atoms with van der Waals surface area (Å²) in [6.07, 6.45) is 10.1. The highest BCUT2D eigenvalue weighted by atomic mass is 15.2. The van der Waals surface area contributed by atoms with Gasteiger partial charge < -0.3 is 5.32 Å². The predicted molar refractivity (Wildman–Crippen MR) is 75.5 cm³/mol. The van der Waals surface area contributed by atoms with Crippen molar-refractivity contribution in [3.63, 3.8) is 0 Å². The molecule has 1 aliphatic carbocycles. The number of nitrogens with zero attached hydrogens (tertiary/aromatic N) is 2. The lowest BCUT2D eigenvalue weighted by Crippen LogP contribution is -2.30. The molecule has 0 spiro atoms. The van der Waals surface area contributed by atoms with Gasteiger partial charge in [-0.15, -0.1) is 0 Å². The van der Waals surface area contributed by atoms with Gasteiger partial charge in [0.15, 0.2) is 0 Å². The van der Waals surface area contributed by atoms with Crippen LogP contribution in [0.15, 0.2) is 12.3 Å². The zero-order chi connectivity index (χ0) is 12.8. The van der Waals surface area contributed by atoms with Gasteiger partial charge in [0.1, 0.15) is 0 Å². The van der Waals surface area contributed by atoms with Gasteiger partial charge in [-0.05, 0) is 50.3 Å². The maximum absolute atomic E-state index is 4.25. The molecule has 3 heteroatoms. The summed E-state index contributed by atoms with van der Waals surface area (Å²) in [6.45, 7) is 4.52. The fourth-order valence-electron chi connectivity index (χ4n) is 3.24. The molecule has 1 aliphatic rings. The fourth-order valence-corrected chi connectivity index (χ4v) is 3.24. The molecule has 2 unspecified atom stereocenters. The molecule has 1 aromatic rings. The smallest absolute Gasteiger partial charge is 0.0492 e. The van der Waals surface area contributed by atoms with Crippen molar-refractivity contribution in [2.45, 2.75) is 45.4 Å². The minimum absolute atomic E-state index is 0.895. The molecule has 0 radical (unpaired) electrons. The lowest BCUT2D eigenvalue weighted by Gasteiger charge is -2.31. The summed E-state index contributed by atoms with van der Waals surface area (Å²) in [5.74, 6) is 1.81. The molecule has 18 heavy (non-hydrogen) atoms. The SMILES string of the molecule is CCNCC1CCCCC1CCc1ccnn1C. The number of aryl methyl sites for hydroxylation is 2. The van der Waals surface area contributed by atoms with E-state index < -0.39 is 0 Å². The van der Waals surface area contributed by atoms with Crippen LogP contribution in [-0.2, 0) is 13.5 Å². The normalized spacial score (nSPS) is 24.3. The molecule has 1 N–H and O–H groups in total. The zero-order valence-electron chi connectivity index (χ0n) is 11.9. The summed E-state index contributed by atoms with van der Waals surface area (Å²) in [7, 11) is 2.05. The van der Waals surface area contributed by atoms with Gasteiger partial charge in [0.2, 0.25) is 0 Å².